The highest BCUT2D eigenvalue weighted by Gasteiger charge is 2.25. The van der Waals surface area contributed by atoms with Gasteiger partial charge in [0.1, 0.15) is 4.90 Å². The van der Waals surface area contributed by atoms with E-state index in [0.29, 0.717) is 17.8 Å². The van der Waals surface area contributed by atoms with Crippen molar-refractivity contribution in [3.63, 3.8) is 0 Å². The van der Waals surface area contributed by atoms with Crippen LogP contribution >= 0.6 is 0 Å². The highest BCUT2D eigenvalue weighted by atomic mass is 32.2. The quantitative estimate of drug-likeness (QED) is 0.434. The fraction of sp³-hybridized carbons (Fsp3) is 0.292. The zero-order chi connectivity index (χ0) is 23.0. The predicted octanol–water partition coefficient (Wildman–Crippen LogP) is 3.75. The zero-order valence-corrected chi connectivity index (χ0v) is 19.0. The summed E-state index contributed by atoms with van der Waals surface area (Å²) in [6.45, 7) is 3.91. The molecule has 0 radical (unpaired) electrons. The highest BCUT2D eigenvalue weighted by molar-refractivity contribution is 7.89. The summed E-state index contributed by atoms with van der Waals surface area (Å²) >= 11 is 0. The molecule has 0 saturated heterocycles. The van der Waals surface area contributed by atoms with Crippen LogP contribution in [0.5, 0.6) is 0 Å². The van der Waals surface area contributed by atoms with Gasteiger partial charge in [0.25, 0.3) is 0 Å². The Morgan fingerprint density at radius 3 is 2.41 bits per heavy atom. The maximum absolute atomic E-state index is 13.3. The summed E-state index contributed by atoms with van der Waals surface area (Å²) in [7, 11) is -3.79. The van der Waals surface area contributed by atoms with Crippen molar-refractivity contribution >= 4 is 16.0 Å². The summed E-state index contributed by atoms with van der Waals surface area (Å²) in [5.41, 5.74) is 2.18. The van der Waals surface area contributed by atoms with Gasteiger partial charge in [0.05, 0.1) is 24.8 Å². The number of sulfonamides is 1. The molecule has 0 fully saturated rings. The predicted molar refractivity (Wildman–Crippen MR) is 121 cm³/mol. The van der Waals surface area contributed by atoms with E-state index in [0.717, 1.165) is 5.56 Å². The minimum atomic E-state index is -3.79. The van der Waals surface area contributed by atoms with Gasteiger partial charge in [-0.25, -0.2) is 8.42 Å². The largest absolute Gasteiger partial charge is 0.463 e. The lowest BCUT2D eigenvalue weighted by molar-refractivity contribution is -0.147. The molecular weight excluding hydrogens is 426 g/mol. The first-order chi connectivity index (χ1) is 15.3. The molecule has 0 saturated carbocycles. The number of benzene rings is 1. The summed E-state index contributed by atoms with van der Waals surface area (Å²) in [5, 5.41) is 0. The monoisotopic (exact) mass is 453 g/mol. The second-order valence-corrected chi connectivity index (χ2v) is 9.54. The van der Waals surface area contributed by atoms with Crippen LogP contribution in [0.1, 0.15) is 37.2 Å². The first-order valence-electron chi connectivity index (χ1n) is 10.4. The maximum Gasteiger partial charge on any atom is 0.306 e. The van der Waals surface area contributed by atoms with E-state index < -0.39 is 10.0 Å². The Balaban J connectivity index is 1.81. The van der Waals surface area contributed by atoms with E-state index in [4.69, 9.17) is 4.74 Å². The van der Waals surface area contributed by atoms with Crippen LogP contribution in [0, 0.1) is 0 Å². The Hall–Kier alpha value is -3.10. The second kappa shape index (κ2) is 11.0. The number of aromatic nitrogens is 2. The number of pyridine rings is 2. The van der Waals surface area contributed by atoms with Gasteiger partial charge in [-0.05, 0) is 43.7 Å². The minimum absolute atomic E-state index is 0.0937. The Bertz CT molecular complexity index is 1120. The number of rotatable bonds is 10. The van der Waals surface area contributed by atoms with Crippen molar-refractivity contribution in [1.29, 1.82) is 0 Å². The van der Waals surface area contributed by atoms with Crippen molar-refractivity contribution in [2.45, 2.75) is 50.8 Å². The molecule has 7 nitrogen and oxygen atoms in total. The molecule has 1 aromatic carbocycles. The maximum atomic E-state index is 13.3. The highest BCUT2D eigenvalue weighted by Crippen LogP contribution is 2.20. The second-order valence-electron chi connectivity index (χ2n) is 7.61. The van der Waals surface area contributed by atoms with Crippen molar-refractivity contribution in [3.05, 3.63) is 90.0 Å². The molecule has 0 aliphatic heterocycles. The van der Waals surface area contributed by atoms with Crippen LogP contribution in [0.4, 0.5) is 0 Å². The van der Waals surface area contributed by atoms with Crippen molar-refractivity contribution in [2.24, 2.45) is 0 Å². The van der Waals surface area contributed by atoms with Gasteiger partial charge in [-0.1, -0.05) is 36.4 Å². The summed E-state index contributed by atoms with van der Waals surface area (Å²) in [5.74, 6) is -0.280. The fourth-order valence-corrected chi connectivity index (χ4v) is 4.51. The number of carbonyl (C=O) groups excluding carboxylic acids is 1. The van der Waals surface area contributed by atoms with Gasteiger partial charge >= 0.3 is 5.97 Å². The van der Waals surface area contributed by atoms with Crippen LogP contribution in [0.2, 0.25) is 0 Å². The normalized spacial score (nSPS) is 11.6. The van der Waals surface area contributed by atoms with E-state index in [9.17, 15) is 13.2 Å². The summed E-state index contributed by atoms with van der Waals surface area (Å²) in [6, 6.07) is 18.0. The molecule has 0 aliphatic rings. The molecule has 0 bridgehead atoms. The lowest BCUT2D eigenvalue weighted by atomic mass is 10.2. The van der Waals surface area contributed by atoms with Crippen LogP contribution in [-0.2, 0) is 39.1 Å². The van der Waals surface area contributed by atoms with Crippen LogP contribution in [0.3, 0.4) is 0 Å². The fourth-order valence-electron chi connectivity index (χ4n) is 3.15. The first-order valence-corrected chi connectivity index (χ1v) is 11.9. The van der Waals surface area contributed by atoms with Gasteiger partial charge in [-0.3, -0.25) is 14.8 Å². The summed E-state index contributed by atoms with van der Waals surface area (Å²) in [6.07, 6.45) is 3.36. The molecule has 0 atom stereocenters. The van der Waals surface area contributed by atoms with E-state index in [-0.39, 0.29) is 36.5 Å². The van der Waals surface area contributed by atoms with E-state index >= 15 is 0 Å². The van der Waals surface area contributed by atoms with Gasteiger partial charge < -0.3 is 4.74 Å². The van der Waals surface area contributed by atoms with Crippen LogP contribution in [0.25, 0.3) is 0 Å². The number of hydrogen-bond acceptors (Lipinski definition) is 6. The molecule has 168 valence electrons. The molecule has 32 heavy (non-hydrogen) atoms. The molecular formula is C24H27N3O4S. The third kappa shape index (κ3) is 6.70. The van der Waals surface area contributed by atoms with Crippen molar-refractivity contribution in [3.8, 4) is 0 Å². The molecule has 2 aromatic heterocycles. The van der Waals surface area contributed by atoms with Crippen molar-refractivity contribution in [2.75, 3.05) is 0 Å². The van der Waals surface area contributed by atoms with Gasteiger partial charge in [0, 0.05) is 31.1 Å². The van der Waals surface area contributed by atoms with Gasteiger partial charge in [-0.2, -0.15) is 4.31 Å². The Labute approximate surface area is 189 Å². The lowest BCUT2D eigenvalue weighted by Crippen LogP contribution is -2.30. The molecule has 3 aromatic rings. The molecule has 3 rings (SSSR count). The number of nitrogens with zero attached hydrogens (tertiary/aromatic N) is 3. The van der Waals surface area contributed by atoms with Crippen LogP contribution in [0.15, 0.2) is 78.0 Å². The van der Waals surface area contributed by atoms with Gasteiger partial charge in [-0.15, -0.1) is 0 Å². The Morgan fingerprint density at radius 2 is 1.72 bits per heavy atom. The third-order valence-electron chi connectivity index (χ3n) is 4.63. The molecule has 0 N–H and O–H groups in total. The van der Waals surface area contributed by atoms with E-state index in [1.54, 1.807) is 26.0 Å². The minimum Gasteiger partial charge on any atom is -0.463 e. The van der Waals surface area contributed by atoms with Crippen LogP contribution in [-0.4, -0.2) is 34.8 Å². The smallest absolute Gasteiger partial charge is 0.306 e. The molecule has 8 heteroatoms. The Morgan fingerprint density at radius 1 is 0.969 bits per heavy atom. The number of aryl methyl sites for hydroxylation is 1. The molecule has 0 unspecified atom stereocenters. The molecule has 0 spiro atoms. The molecule has 0 amide bonds. The third-order valence-corrected chi connectivity index (χ3v) is 6.40. The molecule has 0 aliphatic carbocycles. The van der Waals surface area contributed by atoms with E-state index in [1.165, 1.54) is 22.8 Å². The summed E-state index contributed by atoms with van der Waals surface area (Å²) < 4.78 is 33.2. The van der Waals surface area contributed by atoms with Gasteiger partial charge in [0.2, 0.25) is 10.0 Å². The van der Waals surface area contributed by atoms with Crippen molar-refractivity contribution in [1.82, 2.24) is 14.3 Å². The number of carbonyl (C=O) groups is 1. The number of hydrogen-bond donors (Lipinski definition) is 0. The van der Waals surface area contributed by atoms with E-state index in [2.05, 4.69) is 9.97 Å². The topological polar surface area (TPSA) is 89.5 Å². The first kappa shape index (κ1) is 23.6. The summed E-state index contributed by atoms with van der Waals surface area (Å²) in [4.78, 5) is 20.5. The average Bonchev–Trinajstić information content (AvgIpc) is 2.78. The molecule has 2 heterocycles. The average molecular weight is 454 g/mol. The SMILES string of the molecule is CC(C)OC(=O)CCc1cccc(CN(Cc2ccccc2)S(=O)(=O)c2cccnc2)n1. The standard InChI is InChI=1S/C24H27N3O4S/c1-19(2)31-24(28)14-13-21-10-6-11-22(26-21)18-27(17-20-8-4-3-5-9-20)32(29,30)23-12-7-15-25-16-23/h3-12,15-16,19H,13-14,17-18H2,1-2H3. The van der Waals surface area contributed by atoms with Gasteiger partial charge in [0.15, 0.2) is 0 Å². The van der Waals surface area contributed by atoms with E-state index in [1.807, 2.05) is 42.5 Å². The van der Waals surface area contributed by atoms with Crippen molar-refractivity contribution < 1.29 is 17.9 Å². The van der Waals surface area contributed by atoms with Crippen LogP contribution < -0.4 is 0 Å². The number of ether oxygens (including phenoxy) is 1. The number of esters is 1. The lowest BCUT2D eigenvalue weighted by Gasteiger charge is -2.22. The Kier molecular flexibility index (Phi) is 8.08. The zero-order valence-electron chi connectivity index (χ0n) is 18.2.